The van der Waals surface area contributed by atoms with Gasteiger partial charge in [0.05, 0.1) is 6.04 Å². The molecule has 0 saturated heterocycles. The van der Waals surface area contributed by atoms with Gasteiger partial charge in [-0.3, -0.25) is 4.79 Å². The van der Waals surface area contributed by atoms with Crippen LogP contribution in [0.2, 0.25) is 0 Å². The monoisotopic (exact) mass is 297 g/mol. The standard InChI is InChI=1S/C18H19NO3/c1-2-15(13-6-4-3-5-7-13)19-18(20)14-8-9-16-17(12-14)22-11-10-21-16/h3-9,12,15H,2,10-11H2,1H3,(H,19,20). The van der Waals surface area contributed by atoms with Crippen molar-refractivity contribution in [1.29, 1.82) is 0 Å². The highest BCUT2D eigenvalue weighted by atomic mass is 16.6. The summed E-state index contributed by atoms with van der Waals surface area (Å²) >= 11 is 0. The van der Waals surface area contributed by atoms with Crippen LogP contribution in [-0.4, -0.2) is 19.1 Å². The van der Waals surface area contributed by atoms with Gasteiger partial charge in [-0.15, -0.1) is 0 Å². The van der Waals surface area contributed by atoms with E-state index in [-0.39, 0.29) is 11.9 Å². The lowest BCUT2D eigenvalue weighted by Gasteiger charge is -2.20. The first-order valence-electron chi connectivity index (χ1n) is 7.53. The topological polar surface area (TPSA) is 47.6 Å². The van der Waals surface area contributed by atoms with Gasteiger partial charge < -0.3 is 14.8 Å². The number of hydrogen-bond donors (Lipinski definition) is 1. The summed E-state index contributed by atoms with van der Waals surface area (Å²) < 4.78 is 11.0. The molecule has 0 aromatic heterocycles. The minimum atomic E-state index is -0.104. The maximum atomic E-state index is 12.5. The van der Waals surface area contributed by atoms with E-state index in [0.717, 1.165) is 12.0 Å². The number of rotatable bonds is 4. The Balaban J connectivity index is 1.76. The largest absolute Gasteiger partial charge is 0.486 e. The maximum absolute atomic E-state index is 12.5. The van der Waals surface area contributed by atoms with E-state index in [1.807, 2.05) is 30.3 Å². The van der Waals surface area contributed by atoms with Crippen molar-refractivity contribution in [2.24, 2.45) is 0 Å². The van der Waals surface area contributed by atoms with Crippen molar-refractivity contribution in [3.63, 3.8) is 0 Å². The first kappa shape index (κ1) is 14.4. The zero-order valence-corrected chi connectivity index (χ0v) is 12.5. The maximum Gasteiger partial charge on any atom is 0.251 e. The Kier molecular flexibility index (Phi) is 4.28. The number of fused-ring (bicyclic) bond motifs is 1. The lowest BCUT2D eigenvalue weighted by atomic mass is 10.0. The van der Waals surface area contributed by atoms with Crippen LogP contribution in [0, 0.1) is 0 Å². The van der Waals surface area contributed by atoms with Gasteiger partial charge >= 0.3 is 0 Å². The Morgan fingerprint density at radius 2 is 1.82 bits per heavy atom. The molecule has 2 aromatic rings. The third-order valence-electron chi connectivity index (χ3n) is 3.72. The van der Waals surface area contributed by atoms with Crippen molar-refractivity contribution >= 4 is 5.91 Å². The number of nitrogens with one attached hydrogen (secondary N) is 1. The highest BCUT2D eigenvalue weighted by Crippen LogP contribution is 2.31. The molecule has 4 nitrogen and oxygen atoms in total. The van der Waals surface area contributed by atoms with Gasteiger partial charge in [0.15, 0.2) is 11.5 Å². The van der Waals surface area contributed by atoms with E-state index < -0.39 is 0 Å². The van der Waals surface area contributed by atoms with E-state index in [9.17, 15) is 4.79 Å². The van der Waals surface area contributed by atoms with Crippen molar-refractivity contribution in [2.75, 3.05) is 13.2 Å². The van der Waals surface area contributed by atoms with Gasteiger partial charge in [-0.1, -0.05) is 37.3 Å². The number of benzene rings is 2. The van der Waals surface area contributed by atoms with Crippen LogP contribution >= 0.6 is 0 Å². The van der Waals surface area contributed by atoms with Crippen LogP contribution in [0.1, 0.15) is 35.3 Å². The Hall–Kier alpha value is -2.49. The third-order valence-corrected chi connectivity index (χ3v) is 3.72. The average molecular weight is 297 g/mol. The van der Waals surface area contributed by atoms with E-state index in [1.54, 1.807) is 18.2 Å². The number of amides is 1. The number of carbonyl (C=O) groups excluding carboxylic acids is 1. The normalized spacial score (nSPS) is 14.2. The number of ether oxygens (including phenoxy) is 2. The van der Waals surface area contributed by atoms with E-state index in [0.29, 0.717) is 30.3 Å². The molecule has 0 spiro atoms. The Morgan fingerprint density at radius 3 is 2.55 bits per heavy atom. The smallest absolute Gasteiger partial charge is 0.251 e. The van der Waals surface area contributed by atoms with Crippen LogP contribution in [0.5, 0.6) is 11.5 Å². The van der Waals surface area contributed by atoms with Crippen LogP contribution in [0.15, 0.2) is 48.5 Å². The van der Waals surface area contributed by atoms with Gasteiger partial charge in [-0.05, 0) is 30.2 Å². The van der Waals surface area contributed by atoms with Crippen molar-refractivity contribution < 1.29 is 14.3 Å². The van der Waals surface area contributed by atoms with Crippen molar-refractivity contribution in [3.05, 3.63) is 59.7 Å². The Labute approximate surface area is 130 Å². The molecule has 1 N–H and O–H groups in total. The average Bonchev–Trinajstić information content (AvgIpc) is 2.59. The highest BCUT2D eigenvalue weighted by Gasteiger charge is 2.17. The van der Waals surface area contributed by atoms with Gasteiger partial charge in [-0.25, -0.2) is 0 Å². The Bertz CT molecular complexity index is 655. The van der Waals surface area contributed by atoms with Gasteiger partial charge in [0.2, 0.25) is 0 Å². The quantitative estimate of drug-likeness (QED) is 0.941. The fraction of sp³-hybridized carbons (Fsp3) is 0.278. The van der Waals surface area contributed by atoms with Crippen molar-refractivity contribution in [2.45, 2.75) is 19.4 Å². The molecule has 1 heterocycles. The molecule has 1 aliphatic rings. The van der Waals surface area contributed by atoms with Gasteiger partial charge in [0.1, 0.15) is 13.2 Å². The summed E-state index contributed by atoms with van der Waals surface area (Å²) in [6.07, 6.45) is 0.834. The molecule has 0 saturated carbocycles. The van der Waals surface area contributed by atoms with Crippen LogP contribution in [0.4, 0.5) is 0 Å². The summed E-state index contributed by atoms with van der Waals surface area (Å²) in [6.45, 7) is 3.12. The molecule has 22 heavy (non-hydrogen) atoms. The summed E-state index contributed by atoms with van der Waals surface area (Å²) in [4.78, 5) is 12.5. The van der Waals surface area contributed by atoms with E-state index in [4.69, 9.17) is 9.47 Å². The van der Waals surface area contributed by atoms with Gasteiger partial charge in [0, 0.05) is 5.56 Å². The first-order valence-corrected chi connectivity index (χ1v) is 7.53. The summed E-state index contributed by atoms with van der Waals surface area (Å²) in [7, 11) is 0. The molecule has 4 heteroatoms. The number of carbonyl (C=O) groups is 1. The summed E-state index contributed by atoms with van der Waals surface area (Å²) in [6, 6.07) is 15.3. The molecule has 2 aromatic carbocycles. The summed E-state index contributed by atoms with van der Waals surface area (Å²) in [5.74, 6) is 1.22. The van der Waals surface area contributed by atoms with Crippen molar-refractivity contribution in [1.82, 2.24) is 5.32 Å². The SMILES string of the molecule is CCC(NC(=O)c1ccc2c(c1)OCCO2)c1ccccc1. The summed E-state index contributed by atoms with van der Waals surface area (Å²) in [5.41, 5.74) is 1.69. The predicted molar refractivity (Wildman–Crippen MR) is 84.4 cm³/mol. The van der Waals surface area contributed by atoms with Gasteiger partial charge in [0.25, 0.3) is 5.91 Å². The highest BCUT2D eigenvalue weighted by molar-refractivity contribution is 5.95. The molecule has 0 radical (unpaired) electrons. The second kappa shape index (κ2) is 6.52. The molecule has 3 rings (SSSR count). The zero-order chi connectivity index (χ0) is 15.4. The lowest BCUT2D eigenvalue weighted by Crippen LogP contribution is -2.28. The lowest BCUT2D eigenvalue weighted by molar-refractivity contribution is 0.0934. The molecule has 0 aliphatic carbocycles. The molecular weight excluding hydrogens is 278 g/mol. The molecular formula is C18H19NO3. The second-order valence-electron chi connectivity index (χ2n) is 5.20. The molecule has 1 amide bonds. The predicted octanol–water partition coefficient (Wildman–Crippen LogP) is 3.34. The number of hydrogen-bond acceptors (Lipinski definition) is 3. The van der Waals surface area contributed by atoms with E-state index in [2.05, 4.69) is 12.2 Å². The van der Waals surface area contributed by atoms with Crippen LogP contribution < -0.4 is 14.8 Å². The molecule has 1 atom stereocenters. The fourth-order valence-electron chi connectivity index (χ4n) is 2.53. The minimum absolute atomic E-state index is 0.00176. The molecule has 1 unspecified atom stereocenters. The van der Waals surface area contributed by atoms with Crippen LogP contribution in [0.3, 0.4) is 0 Å². The third kappa shape index (κ3) is 3.06. The zero-order valence-electron chi connectivity index (χ0n) is 12.5. The van der Waals surface area contributed by atoms with Crippen molar-refractivity contribution in [3.8, 4) is 11.5 Å². The fourth-order valence-corrected chi connectivity index (χ4v) is 2.53. The van der Waals surface area contributed by atoms with Gasteiger partial charge in [-0.2, -0.15) is 0 Å². The second-order valence-corrected chi connectivity index (χ2v) is 5.20. The molecule has 1 aliphatic heterocycles. The molecule has 0 fully saturated rings. The molecule has 114 valence electrons. The molecule has 0 bridgehead atoms. The summed E-state index contributed by atoms with van der Waals surface area (Å²) in [5, 5.41) is 3.07. The minimum Gasteiger partial charge on any atom is -0.486 e. The van der Waals surface area contributed by atoms with E-state index in [1.165, 1.54) is 0 Å². The van der Waals surface area contributed by atoms with Crippen LogP contribution in [-0.2, 0) is 0 Å². The Morgan fingerprint density at radius 1 is 1.09 bits per heavy atom. The van der Waals surface area contributed by atoms with E-state index >= 15 is 0 Å². The first-order chi connectivity index (χ1) is 10.8. The van der Waals surface area contributed by atoms with Crippen LogP contribution in [0.25, 0.3) is 0 Å².